The van der Waals surface area contributed by atoms with Crippen molar-refractivity contribution in [1.29, 1.82) is 0 Å². The zero-order valence-corrected chi connectivity index (χ0v) is 13.3. The topological polar surface area (TPSA) is 61.3 Å². The molecule has 4 nitrogen and oxygen atoms in total. The summed E-state index contributed by atoms with van der Waals surface area (Å²) in [6.07, 6.45) is 0. The highest BCUT2D eigenvalue weighted by atomic mass is 79.9. The van der Waals surface area contributed by atoms with Gasteiger partial charge in [-0.05, 0) is 44.4 Å². The van der Waals surface area contributed by atoms with Crippen molar-refractivity contribution in [2.24, 2.45) is 0 Å². The number of halogens is 1. The predicted molar refractivity (Wildman–Crippen MR) is 79.6 cm³/mol. The van der Waals surface area contributed by atoms with Gasteiger partial charge in [0.05, 0.1) is 12.7 Å². The zero-order valence-electron chi connectivity index (χ0n) is 11.7. The Labute approximate surface area is 121 Å². The third-order valence-electron chi connectivity index (χ3n) is 3.42. The molecule has 2 aromatic rings. The van der Waals surface area contributed by atoms with Gasteiger partial charge in [-0.15, -0.1) is 0 Å². The second-order valence-electron chi connectivity index (χ2n) is 4.55. The molecule has 1 heterocycles. The molecule has 2 rings (SSSR count). The van der Waals surface area contributed by atoms with Gasteiger partial charge < -0.3 is 14.9 Å². The lowest BCUT2D eigenvalue weighted by Crippen LogP contribution is -2.00. The monoisotopic (exact) mass is 324 g/mol. The lowest BCUT2D eigenvalue weighted by Gasteiger charge is -2.17. The average molecular weight is 325 g/mol. The van der Waals surface area contributed by atoms with Gasteiger partial charge in [0, 0.05) is 4.47 Å². The average Bonchev–Trinajstić information content (AvgIpc) is 2.69. The number of methoxy groups -OCH3 is 1. The number of oxazole rings is 1. The number of hydrogen-bond donors (Lipinski definition) is 1. The van der Waals surface area contributed by atoms with E-state index in [9.17, 15) is 0 Å². The molecule has 0 unspecified atom stereocenters. The molecular weight excluding hydrogens is 308 g/mol. The summed E-state index contributed by atoms with van der Waals surface area (Å²) < 4.78 is 12.0. The highest BCUT2D eigenvalue weighted by molar-refractivity contribution is 9.10. The number of benzene rings is 1. The Morgan fingerprint density at radius 2 is 1.74 bits per heavy atom. The number of aryl methyl sites for hydroxylation is 1. The predicted octanol–water partition coefficient (Wildman–Crippen LogP) is 3.93. The maximum Gasteiger partial charge on any atom is 0.292 e. The largest absolute Gasteiger partial charge is 0.496 e. The first-order chi connectivity index (χ1) is 8.88. The lowest BCUT2D eigenvalue weighted by molar-refractivity contribution is 0.412. The Morgan fingerprint density at radius 1 is 1.11 bits per heavy atom. The third-order valence-corrected chi connectivity index (χ3v) is 4.61. The fourth-order valence-electron chi connectivity index (χ4n) is 2.27. The van der Waals surface area contributed by atoms with E-state index >= 15 is 0 Å². The van der Waals surface area contributed by atoms with Gasteiger partial charge in [-0.1, -0.05) is 15.9 Å². The molecule has 0 aliphatic carbocycles. The molecule has 0 saturated carbocycles. The van der Waals surface area contributed by atoms with Gasteiger partial charge in [-0.3, -0.25) is 0 Å². The fourth-order valence-corrected chi connectivity index (χ4v) is 2.77. The molecule has 0 saturated heterocycles. The van der Waals surface area contributed by atoms with Crippen LogP contribution in [0.4, 0.5) is 6.01 Å². The van der Waals surface area contributed by atoms with Crippen molar-refractivity contribution in [3.63, 3.8) is 0 Å². The van der Waals surface area contributed by atoms with Crippen molar-refractivity contribution in [2.75, 3.05) is 12.8 Å². The highest BCUT2D eigenvalue weighted by Crippen LogP contribution is 2.43. The Kier molecular flexibility index (Phi) is 3.58. The molecule has 0 amide bonds. The first kappa shape index (κ1) is 13.9. The molecule has 1 aromatic carbocycles. The van der Waals surface area contributed by atoms with Crippen molar-refractivity contribution in [3.05, 3.63) is 26.9 Å². The van der Waals surface area contributed by atoms with Crippen molar-refractivity contribution in [2.45, 2.75) is 27.7 Å². The fraction of sp³-hybridized carbons (Fsp3) is 0.357. The van der Waals surface area contributed by atoms with Crippen LogP contribution in [0.3, 0.4) is 0 Å². The van der Waals surface area contributed by atoms with Gasteiger partial charge in [0.1, 0.15) is 17.2 Å². The van der Waals surface area contributed by atoms with Gasteiger partial charge in [0.25, 0.3) is 6.01 Å². The van der Waals surface area contributed by atoms with Crippen molar-refractivity contribution >= 4 is 21.9 Å². The van der Waals surface area contributed by atoms with Crippen molar-refractivity contribution in [1.82, 2.24) is 4.98 Å². The molecule has 102 valence electrons. The summed E-state index contributed by atoms with van der Waals surface area (Å²) in [4.78, 5) is 4.27. The van der Waals surface area contributed by atoms with Crippen molar-refractivity contribution in [3.8, 4) is 17.0 Å². The molecule has 0 spiro atoms. The Balaban J connectivity index is 2.86. The molecule has 0 atom stereocenters. The molecular formula is C14H17BrN2O2. The minimum Gasteiger partial charge on any atom is -0.496 e. The van der Waals surface area contributed by atoms with Gasteiger partial charge in [0.2, 0.25) is 0 Å². The molecule has 0 radical (unpaired) electrons. The number of nitrogens with two attached hydrogens (primary N) is 1. The SMILES string of the molecule is COc1c(C)c(C)c(Br)c(C)c1-c1nc(N)oc1C. The molecule has 2 N–H and O–H groups in total. The van der Waals surface area contributed by atoms with Crippen LogP contribution in [0.1, 0.15) is 22.5 Å². The number of nitrogens with zero attached hydrogens (tertiary/aromatic N) is 1. The summed E-state index contributed by atoms with van der Waals surface area (Å²) >= 11 is 3.63. The minimum absolute atomic E-state index is 0.170. The van der Waals surface area contributed by atoms with E-state index in [1.165, 1.54) is 0 Å². The van der Waals surface area contributed by atoms with Crippen LogP contribution < -0.4 is 10.5 Å². The van der Waals surface area contributed by atoms with E-state index in [1.54, 1.807) is 7.11 Å². The van der Waals surface area contributed by atoms with E-state index in [2.05, 4.69) is 27.8 Å². The number of rotatable bonds is 2. The van der Waals surface area contributed by atoms with Crippen LogP contribution in [-0.4, -0.2) is 12.1 Å². The van der Waals surface area contributed by atoms with E-state index in [1.807, 2.05) is 20.8 Å². The smallest absolute Gasteiger partial charge is 0.292 e. The van der Waals surface area contributed by atoms with Crippen LogP contribution in [0.15, 0.2) is 8.89 Å². The summed E-state index contributed by atoms with van der Waals surface area (Å²) in [5.41, 5.74) is 10.6. The quantitative estimate of drug-likeness (QED) is 0.909. The zero-order chi connectivity index (χ0) is 14.3. The molecule has 0 aliphatic rings. The third kappa shape index (κ3) is 2.12. The second-order valence-corrected chi connectivity index (χ2v) is 5.35. The lowest BCUT2D eigenvalue weighted by atomic mass is 9.96. The molecule has 0 bridgehead atoms. The van der Waals surface area contributed by atoms with E-state index < -0.39 is 0 Å². The Bertz CT molecular complexity index is 648. The van der Waals surface area contributed by atoms with Crippen LogP contribution >= 0.6 is 15.9 Å². The number of nitrogen functional groups attached to an aromatic ring is 1. The summed E-state index contributed by atoms with van der Waals surface area (Å²) in [6, 6.07) is 0.170. The molecule has 1 aromatic heterocycles. The van der Waals surface area contributed by atoms with E-state index in [-0.39, 0.29) is 6.01 Å². The summed E-state index contributed by atoms with van der Waals surface area (Å²) in [6.45, 7) is 7.96. The van der Waals surface area contributed by atoms with Crippen LogP contribution in [0.2, 0.25) is 0 Å². The Morgan fingerprint density at radius 3 is 2.21 bits per heavy atom. The first-order valence-corrected chi connectivity index (χ1v) is 6.74. The highest BCUT2D eigenvalue weighted by Gasteiger charge is 2.22. The van der Waals surface area contributed by atoms with Gasteiger partial charge >= 0.3 is 0 Å². The van der Waals surface area contributed by atoms with Crippen molar-refractivity contribution < 1.29 is 9.15 Å². The summed E-state index contributed by atoms with van der Waals surface area (Å²) in [5, 5.41) is 0. The van der Waals surface area contributed by atoms with Gasteiger partial charge in [0.15, 0.2) is 0 Å². The minimum atomic E-state index is 0.170. The summed E-state index contributed by atoms with van der Waals surface area (Å²) in [7, 11) is 1.66. The summed E-state index contributed by atoms with van der Waals surface area (Å²) in [5.74, 6) is 1.50. The van der Waals surface area contributed by atoms with Crippen LogP contribution in [0.25, 0.3) is 11.3 Å². The second kappa shape index (κ2) is 4.89. The molecule has 5 heteroatoms. The van der Waals surface area contributed by atoms with Gasteiger partial charge in [-0.25, -0.2) is 0 Å². The number of hydrogen-bond acceptors (Lipinski definition) is 4. The molecule has 0 aliphatic heterocycles. The van der Waals surface area contributed by atoms with E-state index in [0.29, 0.717) is 5.76 Å². The van der Waals surface area contributed by atoms with Crippen LogP contribution in [-0.2, 0) is 0 Å². The van der Waals surface area contributed by atoms with Crippen LogP contribution in [0, 0.1) is 27.7 Å². The number of aromatic nitrogens is 1. The van der Waals surface area contributed by atoms with Gasteiger partial charge in [-0.2, -0.15) is 4.98 Å². The standard InChI is InChI=1S/C14H17BrN2O2/c1-6-7(2)13(18-5)10(8(3)11(6)15)12-9(4)19-14(16)17-12/h1-5H3,(H2,16,17). The Hall–Kier alpha value is -1.49. The first-order valence-electron chi connectivity index (χ1n) is 5.95. The molecule has 19 heavy (non-hydrogen) atoms. The maximum atomic E-state index is 5.63. The van der Waals surface area contributed by atoms with E-state index in [0.717, 1.165) is 38.2 Å². The molecule has 0 fully saturated rings. The normalized spacial score (nSPS) is 10.8. The number of anilines is 1. The maximum absolute atomic E-state index is 5.63. The van der Waals surface area contributed by atoms with E-state index in [4.69, 9.17) is 14.9 Å². The van der Waals surface area contributed by atoms with Crippen LogP contribution in [0.5, 0.6) is 5.75 Å². The number of ether oxygens (including phenoxy) is 1.